The summed E-state index contributed by atoms with van der Waals surface area (Å²) in [5, 5.41) is 15.3. The van der Waals surface area contributed by atoms with Crippen LogP contribution < -0.4 is 15.5 Å². The molecule has 0 aromatic heterocycles. The fourth-order valence-corrected chi connectivity index (χ4v) is 5.70. The van der Waals surface area contributed by atoms with Gasteiger partial charge in [-0.3, -0.25) is 4.79 Å². The number of carbonyl (C=O) groups excluding carboxylic acids is 1. The van der Waals surface area contributed by atoms with Gasteiger partial charge in [0.05, 0.1) is 33.6 Å². The number of amides is 1. The number of hydrogen-bond acceptors (Lipinski definition) is 5. The summed E-state index contributed by atoms with van der Waals surface area (Å²) in [6, 6.07) is 5.02. The van der Waals surface area contributed by atoms with Crippen LogP contribution in [0, 0.1) is 22.9 Å². The molecule has 3 heterocycles. The van der Waals surface area contributed by atoms with Crippen LogP contribution in [0.15, 0.2) is 35.9 Å². The molecule has 3 saturated heterocycles. The van der Waals surface area contributed by atoms with Crippen LogP contribution in [0.5, 0.6) is 0 Å². The lowest BCUT2D eigenvalue weighted by Gasteiger charge is -2.57. The van der Waals surface area contributed by atoms with Crippen LogP contribution in [-0.4, -0.2) is 61.3 Å². The van der Waals surface area contributed by atoms with E-state index in [4.69, 9.17) is 17.0 Å². The Kier molecular flexibility index (Phi) is 6.24. The molecule has 6 nitrogen and oxygen atoms in total. The summed E-state index contributed by atoms with van der Waals surface area (Å²) in [4.78, 5) is 17.0. The van der Waals surface area contributed by atoms with Crippen molar-refractivity contribution >= 4 is 34.6 Å². The van der Waals surface area contributed by atoms with E-state index >= 15 is 0 Å². The van der Waals surface area contributed by atoms with Gasteiger partial charge in [-0.1, -0.05) is 11.6 Å². The molecule has 1 unspecified atom stereocenters. The molecule has 0 aliphatic carbocycles. The smallest absolute Gasteiger partial charge is 0.256 e. The molecule has 3 fully saturated rings. The molecule has 190 valence electrons. The average Bonchev–Trinajstić information content (AvgIpc) is 2.76. The van der Waals surface area contributed by atoms with Gasteiger partial charge < -0.3 is 25.8 Å². The molecule has 0 radical (unpaired) electrons. The van der Waals surface area contributed by atoms with Crippen molar-refractivity contribution in [1.82, 2.24) is 15.5 Å². The molecule has 1 spiro atoms. The molecule has 0 bridgehead atoms. The fourth-order valence-electron chi connectivity index (χ4n) is 5.39. The molecule has 3 N–H and O–H groups in total. The molecule has 2 aromatic rings. The highest BCUT2D eigenvalue weighted by Gasteiger charge is 2.48. The Hall–Kier alpha value is -3.04. The van der Waals surface area contributed by atoms with Crippen LogP contribution in [0.4, 0.5) is 18.9 Å². The SMILES string of the molecule is CN/C(=C1/CCN(C(=O)c2cc(F)cc(N3CC4(CCN4)C3)c2Cl)C(C)C1=N)c1cc(F)cc(F)c1. The zero-order valence-electron chi connectivity index (χ0n) is 20.0. The maximum atomic E-state index is 14.6. The zero-order valence-corrected chi connectivity index (χ0v) is 20.8. The number of likely N-dealkylation sites (tertiary alicyclic amines) is 1. The van der Waals surface area contributed by atoms with E-state index in [2.05, 4.69) is 10.6 Å². The summed E-state index contributed by atoms with van der Waals surface area (Å²) in [5.41, 5.74) is 2.02. The lowest BCUT2D eigenvalue weighted by molar-refractivity contribution is 0.0728. The van der Waals surface area contributed by atoms with Crippen molar-refractivity contribution in [2.45, 2.75) is 31.3 Å². The van der Waals surface area contributed by atoms with E-state index in [9.17, 15) is 18.0 Å². The van der Waals surface area contributed by atoms with Gasteiger partial charge in [0.1, 0.15) is 17.5 Å². The standard InChI is InChI=1S/C26H27ClF3N5O/c1-14-23(31)19(24(32-2)15-7-16(28)9-17(29)8-15)3-6-35(14)25(36)20-10-18(30)11-21(22(20)27)34-12-26(13-34)4-5-33-26/h7-11,14,31-33H,3-6,12-13H2,1-2H3/b24-19-,31-23?. The summed E-state index contributed by atoms with van der Waals surface area (Å²) in [7, 11) is 1.62. The Morgan fingerprint density at radius 1 is 1.14 bits per heavy atom. The minimum Gasteiger partial charge on any atom is -0.387 e. The lowest BCUT2D eigenvalue weighted by atomic mass is 9.80. The number of rotatable bonds is 4. The topological polar surface area (TPSA) is 71.5 Å². The fraction of sp³-hybridized carbons (Fsp3) is 0.385. The van der Waals surface area contributed by atoms with Gasteiger partial charge in [0, 0.05) is 49.6 Å². The van der Waals surface area contributed by atoms with Crippen LogP contribution in [-0.2, 0) is 0 Å². The van der Waals surface area contributed by atoms with Crippen LogP contribution in [0.25, 0.3) is 5.70 Å². The summed E-state index contributed by atoms with van der Waals surface area (Å²) < 4.78 is 42.3. The van der Waals surface area contributed by atoms with Gasteiger partial charge in [-0.2, -0.15) is 0 Å². The predicted octanol–water partition coefficient (Wildman–Crippen LogP) is 4.19. The van der Waals surface area contributed by atoms with E-state index in [1.165, 1.54) is 23.1 Å². The van der Waals surface area contributed by atoms with Gasteiger partial charge in [-0.25, -0.2) is 13.2 Å². The van der Waals surface area contributed by atoms with E-state index in [1.54, 1.807) is 14.0 Å². The number of carbonyl (C=O) groups is 1. The van der Waals surface area contributed by atoms with Gasteiger partial charge >= 0.3 is 0 Å². The van der Waals surface area contributed by atoms with Crippen molar-refractivity contribution in [2.75, 3.05) is 38.1 Å². The largest absolute Gasteiger partial charge is 0.387 e. The minimum absolute atomic E-state index is 0.0577. The highest BCUT2D eigenvalue weighted by atomic mass is 35.5. The third-order valence-electron chi connectivity index (χ3n) is 7.46. The Labute approximate surface area is 212 Å². The highest BCUT2D eigenvalue weighted by Crippen LogP contribution is 2.40. The molecule has 36 heavy (non-hydrogen) atoms. The van der Waals surface area contributed by atoms with E-state index in [0.717, 1.165) is 25.1 Å². The number of nitrogens with one attached hydrogen (secondary N) is 3. The molecule has 3 aliphatic rings. The predicted molar refractivity (Wildman–Crippen MR) is 134 cm³/mol. The monoisotopic (exact) mass is 517 g/mol. The normalized spacial score (nSPS) is 22.3. The molecular formula is C26H27ClF3N5O. The quantitative estimate of drug-likeness (QED) is 0.568. The zero-order chi connectivity index (χ0) is 25.8. The van der Waals surface area contributed by atoms with Crippen LogP contribution >= 0.6 is 11.6 Å². The number of nitrogens with zero attached hydrogens (tertiary/aromatic N) is 2. The number of hydrogen-bond donors (Lipinski definition) is 3. The summed E-state index contributed by atoms with van der Waals surface area (Å²) in [6.07, 6.45) is 1.34. The maximum absolute atomic E-state index is 14.6. The van der Waals surface area contributed by atoms with Crippen LogP contribution in [0.2, 0.25) is 5.02 Å². The second-order valence-electron chi connectivity index (χ2n) is 9.70. The van der Waals surface area contributed by atoms with Crippen molar-refractivity contribution in [3.63, 3.8) is 0 Å². The van der Waals surface area contributed by atoms with E-state index < -0.39 is 29.4 Å². The van der Waals surface area contributed by atoms with Crippen LogP contribution in [0.3, 0.4) is 0 Å². The van der Waals surface area contributed by atoms with Crippen molar-refractivity contribution in [2.24, 2.45) is 0 Å². The molecule has 1 atom stereocenters. The molecule has 2 aromatic carbocycles. The van der Waals surface area contributed by atoms with Gasteiger partial charge in [0.15, 0.2) is 0 Å². The Bertz CT molecular complexity index is 1260. The minimum atomic E-state index is -0.719. The first-order valence-electron chi connectivity index (χ1n) is 11.9. The Balaban J connectivity index is 1.41. The second kappa shape index (κ2) is 9.12. The second-order valence-corrected chi connectivity index (χ2v) is 10.1. The number of benzene rings is 2. The van der Waals surface area contributed by atoms with Crippen molar-refractivity contribution in [1.29, 1.82) is 5.41 Å². The molecule has 3 aliphatic heterocycles. The lowest BCUT2D eigenvalue weighted by Crippen LogP contribution is -2.76. The van der Waals surface area contributed by atoms with Crippen molar-refractivity contribution in [3.8, 4) is 0 Å². The molecule has 5 rings (SSSR count). The Morgan fingerprint density at radius 2 is 1.78 bits per heavy atom. The van der Waals surface area contributed by atoms with Crippen LogP contribution in [0.1, 0.15) is 35.7 Å². The molecule has 1 amide bonds. The van der Waals surface area contributed by atoms with E-state index in [0.29, 0.717) is 30.0 Å². The summed E-state index contributed by atoms with van der Waals surface area (Å²) >= 11 is 6.63. The third kappa shape index (κ3) is 4.14. The van der Waals surface area contributed by atoms with Crippen molar-refractivity contribution in [3.05, 3.63) is 69.5 Å². The molecular weight excluding hydrogens is 491 g/mol. The maximum Gasteiger partial charge on any atom is 0.256 e. The summed E-state index contributed by atoms with van der Waals surface area (Å²) in [6.45, 7) is 4.31. The number of anilines is 1. The Morgan fingerprint density at radius 3 is 2.36 bits per heavy atom. The molecule has 0 saturated carbocycles. The van der Waals surface area contributed by atoms with Gasteiger partial charge in [0.25, 0.3) is 5.91 Å². The van der Waals surface area contributed by atoms with Gasteiger partial charge in [-0.15, -0.1) is 0 Å². The first kappa shape index (κ1) is 24.6. The summed E-state index contributed by atoms with van der Waals surface area (Å²) in [5.74, 6) is -2.45. The van der Waals surface area contributed by atoms with E-state index in [1.807, 2.05) is 4.90 Å². The number of halogens is 4. The first-order valence-corrected chi connectivity index (χ1v) is 12.3. The highest BCUT2D eigenvalue weighted by molar-refractivity contribution is 6.36. The van der Waals surface area contributed by atoms with E-state index in [-0.39, 0.29) is 40.4 Å². The molecule has 10 heteroatoms. The average molecular weight is 518 g/mol. The number of piperidine rings is 1. The van der Waals surface area contributed by atoms with Crippen molar-refractivity contribution < 1.29 is 18.0 Å². The van der Waals surface area contributed by atoms with Gasteiger partial charge in [-0.05, 0) is 50.6 Å². The first-order chi connectivity index (χ1) is 17.1. The third-order valence-corrected chi connectivity index (χ3v) is 7.85. The van der Waals surface area contributed by atoms with Gasteiger partial charge in [0.2, 0.25) is 0 Å².